The quantitative estimate of drug-likeness (QED) is 0.859. The fourth-order valence-corrected chi connectivity index (χ4v) is 3.04. The van der Waals surface area contributed by atoms with Crippen LogP contribution in [0.25, 0.3) is 11.1 Å². The van der Waals surface area contributed by atoms with Crippen molar-refractivity contribution < 1.29 is 23.1 Å². The summed E-state index contributed by atoms with van der Waals surface area (Å²) < 4.78 is 37.8. The van der Waals surface area contributed by atoms with Crippen LogP contribution in [0.2, 0.25) is 0 Å². The van der Waals surface area contributed by atoms with Gasteiger partial charge in [-0.3, -0.25) is 4.98 Å². The van der Waals surface area contributed by atoms with Crippen molar-refractivity contribution in [3.05, 3.63) is 53.9 Å². The number of carbonyl (C=O) groups is 1. The molecule has 0 unspecified atom stereocenters. The van der Waals surface area contributed by atoms with Crippen LogP contribution in [0.5, 0.6) is 0 Å². The highest BCUT2D eigenvalue weighted by atomic mass is 19.4. The van der Waals surface area contributed by atoms with Crippen molar-refractivity contribution in [2.24, 2.45) is 0 Å². The summed E-state index contributed by atoms with van der Waals surface area (Å²) in [6.07, 6.45) is -2.14. The fourth-order valence-electron chi connectivity index (χ4n) is 3.04. The number of piperidine rings is 1. The number of rotatable bonds is 2. The van der Waals surface area contributed by atoms with Crippen molar-refractivity contribution in [3.8, 4) is 11.1 Å². The zero-order valence-corrected chi connectivity index (χ0v) is 13.3. The average molecular weight is 350 g/mol. The van der Waals surface area contributed by atoms with Crippen molar-refractivity contribution in [2.75, 3.05) is 13.1 Å². The minimum atomic E-state index is -4.34. The molecule has 3 rings (SSSR count). The topological polar surface area (TPSA) is 53.4 Å². The Balaban J connectivity index is 1.69. The van der Waals surface area contributed by atoms with Crippen molar-refractivity contribution >= 4 is 6.09 Å². The molecule has 1 aromatic heterocycles. The van der Waals surface area contributed by atoms with E-state index in [4.69, 9.17) is 5.11 Å². The first-order valence-electron chi connectivity index (χ1n) is 7.96. The lowest BCUT2D eigenvalue weighted by atomic mass is 9.92. The van der Waals surface area contributed by atoms with Gasteiger partial charge in [-0.05, 0) is 36.6 Å². The lowest BCUT2D eigenvalue weighted by molar-refractivity contribution is -0.137. The third-order valence-electron chi connectivity index (χ3n) is 4.52. The molecule has 0 saturated carbocycles. The van der Waals surface area contributed by atoms with Crippen molar-refractivity contribution in [3.63, 3.8) is 0 Å². The Hall–Kier alpha value is -2.57. The second-order valence-electron chi connectivity index (χ2n) is 6.09. The molecule has 0 atom stereocenters. The molecule has 1 aliphatic heterocycles. The summed E-state index contributed by atoms with van der Waals surface area (Å²) in [5, 5.41) is 8.97. The zero-order chi connectivity index (χ0) is 18.0. The second-order valence-corrected chi connectivity index (χ2v) is 6.09. The Kier molecular flexibility index (Phi) is 4.65. The van der Waals surface area contributed by atoms with Gasteiger partial charge in [0.2, 0.25) is 0 Å². The molecule has 1 N–H and O–H groups in total. The average Bonchev–Trinajstić information content (AvgIpc) is 2.61. The first-order valence-corrected chi connectivity index (χ1v) is 7.96. The summed E-state index contributed by atoms with van der Waals surface area (Å²) in [5.41, 5.74) is 1.64. The molecular weight excluding hydrogens is 333 g/mol. The predicted octanol–water partition coefficient (Wildman–Crippen LogP) is 4.62. The van der Waals surface area contributed by atoms with E-state index < -0.39 is 17.8 Å². The molecular formula is C18H17F3N2O2. The lowest BCUT2D eigenvalue weighted by Gasteiger charge is -2.29. The van der Waals surface area contributed by atoms with E-state index in [1.54, 1.807) is 6.20 Å². The van der Waals surface area contributed by atoms with Crippen LogP contribution in [0.4, 0.5) is 18.0 Å². The summed E-state index contributed by atoms with van der Waals surface area (Å²) >= 11 is 0. The molecule has 25 heavy (non-hydrogen) atoms. The third kappa shape index (κ3) is 3.92. The largest absolute Gasteiger partial charge is 0.465 e. The highest BCUT2D eigenvalue weighted by molar-refractivity contribution is 5.65. The van der Waals surface area contributed by atoms with Gasteiger partial charge in [-0.15, -0.1) is 0 Å². The number of alkyl halides is 3. The van der Waals surface area contributed by atoms with Gasteiger partial charge in [-0.2, -0.15) is 13.2 Å². The molecule has 1 aromatic carbocycles. The molecule has 1 aliphatic rings. The van der Waals surface area contributed by atoms with E-state index in [9.17, 15) is 18.0 Å². The van der Waals surface area contributed by atoms with Gasteiger partial charge in [0.25, 0.3) is 0 Å². The van der Waals surface area contributed by atoms with Crippen LogP contribution in [0, 0.1) is 0 Å². The standard InChI is InChI=1S/C18H17F3N2O2/c19-18(20,21)15-4-1-12(2-5-15)14-3-6-16(22-11-14)13-7-9-23(10-8-13)17(24)25/h1-6,11,13H,7-10H2,(H,24,25). The Morgan fingerprint density at radius 2 is 1.64 bits per heavy atom. The Bertz CT molecular complexity index is 734. The molecule has 2 aromatic rings. The zero-order valence-electron chi connectivity index (χ0n) is 13.3. The van der Waals surface area contributed by atoms with Gasteiger partial charge in [0, 0.05) is 36.5 Å². The van der Waals surface area contributed by atoms with Gasteiger partial charge in [-0.25, -0.2) is 4.79 Å². The number of pyridine rings is 1. The van der Waals surface area contributed by atoms with Crippen molar-refractivity contribution in [1.82, 2.24) is 9.88 Å². The Labute approximate surface area is 142 Å². The van der Waals surface area contributed by atoms with E-state index in [0.717, 1.165) is 36.2 Å². The minimum absolute atomic E-state index is 0.206. The minimum Gasteiger partial charge on any atom is -0.465 e. The number of halogens is 3. The van der Waals surface area contributed by atoms with Gasteiger partial charge in [0.15, 0.2) is 0 Å². The van der Waals surface area contributed by atoms with Gasteiger partial charge >= 0.3 is 12.3 Å². The number of amides is 1. The Morgan fingerprint density at radius 3 is 2.12 bits per heavy atom. The maximum Gasteiger partial charge on any atom is 0.416 e. The molecule has 7 heteroatoms. The monoisotopic (exact) mass is 350 g/mol. The molecule has 4 nitrogen and oxygen atoms in total. The molecule has 1 amide bonds. The SMILES string of the molecule is O=C(O)N1CCC(c2ccc(-c3ccc(C(F)(F)F)cc3)cn2)CC1. The van der Waals surface area contributed by atoms with Crippen molar-refractivity contribution in [1.29, 1.82) is 0 Å². The van der Waals surface area contributed by atoms with Crippen LogP contribution in [0.15, 0.2) is 42.6 Å². The maximum absolute atomic E-state index is 12.6. The normalized spacial score (nSPS) is 16.0. The first-order chi connectivity index (χ1) is 11.8. The van der Waals surface area contributed by atoms with E-state index in [-0.39, 0.29) is 5.92 Å². The van der Waals surface area contributed by atoms with Crippen LogP contribution in [-0.4, -0.2) is 34.2 Å². The second kappa shape index (κ2) is 6.74. The highest BCUT2D eigenvalue weighted by Crippen LogP contribution is 2.32. The maximum atomic E-state index is 12.6. The number of benzene rings is 1. The molecule has 0 aliphatic carbocycles. The summed E-state index contributed by atoms with van der Waals surface area (Å²) in [6.45, 7) is 0.977. The number of nitrogens with zero attached hydrogens (tertiary/aromatic N) is 2. The molecule has 1 saturated heterocycles. The number of likely N-dealkylation sites (tertiary alicyclic amines) is 1. The van der Waals surface area contributed by atoms with Gasteiger partial charge in [0.05, 0.1) is 5.56 Å². The smallest absolute Gasteiger partial charge is 0.416 e. The Morgan fingerprint density at radius 1 is 1.04 bits per heavy atom. The fraction of sp³-hybridized carbons (Fsp3) is 0.333. The number of hydrogen-bond donors (Lipinski definition) is 1. The molecule has 0 spiro atoms. The van der Waals surface area contributed by atoms with Crippen LogP contribution >= 0.6 is 0 Å². The van der Waals surface area contributed by atoms with Crippen LogP contribution in [0.3, 0.4) is 0 Å². The summed E-state index contributed by atoms with van der Waals surface area (Å²) in [7, 11) is 0. The highest BCUT2D eigenvalue weighted by Gasteiger charge is 2.30. The van der Waals surface area contributed by atoms with E-state index in [1.807, 2.05) is 12.1 Å². The summed E-state index contributed by atoms with van der Waals surface area (Å²) in [5.74, 6) is 0.206. The number of hydrogen-bond acceptors (Lipinski definition) is 2. The summed E-state index contributed by atoms with van der Waals surface area (Å²) in [6, 6.07) is 8.70. The number of carboxylic acid groups (broad SMARTS) is 1. The van der Waals surface area contributed by atoms with Crippen LogP contribution in [0.1, 0.15) is 30.0 Å². The molecule has 0 bridgehead atoms. The van der Waals surface area contributed by atoms with Gasteiger partial charge in [0.1, 0.15) is 0 Å². The predicted molar refractivity (Wildman–Crippen MR) is 86.2 cm³/mol. The van der Waals surface area contributed by atoms with Crippen LogP contribution < -0.4 is 0 Å². The van der Waals surface area contributed by atoms with Gasteiger partial charge < -0.3 is 10.0 Å². The molecule has 2 heterocycles. The first kappa shape index (κ1) is 17.3. The van der Waals surface area contributed by atoms with Crippen molar-refractivity contribution in [2.45, 2.75) is 24.9 Å². The number of aromatic nitrogens is 1. The molecule has 1 fully saturated rings. The molecule has 0 radical (unpaired) electrons. The van der Waals surface area contributed by atoms with Crippen LogP contribution in [-0.2, 0) is 6.18 Å². The molecule has 132 valence electrons. The van der Waals surface area contributed by atoms with E-state index in [1.165, 1.54) is 17.0 Å². The van der Waals surface area contributed by atoms with Gasteiger partial charge in [-0.1, -0.05) is 18.2 Å². The van der Waals surface area contributed by atoms with E-state index in [0.29, 0.717) is 18.7 Å². The van der Waals surface area contributed by atoms with E-state index >= 15 is 0 Å². The van der Waals surface area contributed by atoms with E-state index in [2.05, 4.69) is 4.98 Å². The third-order valence-corrected chi connectivity index (χ3v) is 4.52. The lowest BCUT2D eigenvalue weighted by Crippen LogP contribution is -2.36. The summed E-state index contributed by atoms with van der Waals surface area (Å²) in [4.78, 5) is 16.8.